The van der Waals surface area contributed by atoms with Crippen molar-refractivity contribution < 1.29 is 23.1 Å². The molecule has 0 amide bonds. The summed E-state index contributed by atoms with van der Waals surface area (Å²) in [5.74, 6) is -0.810. The highest BCUT2D eigenvalue weighted by molar-refractivity contribution is 7.91. The average Bonchev–Trinajstić information content (AvgIpc) is 2.95. The van der Waals surface area contributed by atoms with Gasteiger partial charge in [0.05, 0.1) is 31.1 Å². The first-order chi connectivity index (χ1) is 7.82. The second-order valence-corrected chi connectivity index (χ2v) is 6.81. The van der Waals surface area contributed by atoms with Gasteiger partial charge in [0.15, 0.2) is 9.84 Å². The number of hydrogen-bond acceptors (Lipinski definition) is 6. The average molecular weight is 265 g/mol. The van der Waals surface area contributed by atoms with E-state index in [1.807, 2.05) is 0 Å². The number of esters is 1. The van der Waals surface area contributed by atoms with Crippen LogP contribution in [0.5, 0.6) is 0 Å². The Morgan fingerprint density at radius 3 is 2.53 bits per heavy atom. The number of methoxy groups -OCH3 is 1. The van der Waals surface area contributed by atoms with Crippen LogP contribution in [0.4, 0.5) is 0 Å². The molecule has 0 aromatic heterocycles. The first-order valence-electron chi connectivity index (χ1n) is 5.48. The minimum absolute atomic E-state index is 0.0772. The van der Waals surface area contributed by atoms with E-state index in [-0.39, 0.29) is 24.5 Å². The highest BCUT2D eigenvalue weighted by atomic mass is 32.2. The van der Waals surface area contributed by atoms with Crippen molar-refractivity contribution in [3.63, 3.8) is 0 Å². The lowest BCUT2D eigenvalue weighted by molar-refractivity contribution is -0.141. The molecule has 1 unspecified atom stereocenters. The van der Waals surface area contributed by atoms with E-state index in [9.17, 15) is 18.3 Å². The molecule has 1 atom stereocenters. The van der Waals surface area contributed by atoms with Crippen LogP contribution in [0.3, 0.4) is 0 Å². The van der Waals surface area contributed by atoms with Crippen molar-refractivity contribution in [3.05, 3.63) is 0 Å². The zero-order valence-corrected chi connectivity index (χ0v) is 10.7. The summed E-state index contributed by atoms with van der Waals surface area (Å²) in [5.41, 5.74) is 4.70. The van der Waals surface area contributed by atoms with E-state index in [1.165, 1.54) is 7.11 Å². The number of rotatable bonds is 7. The fourth-order valence-corrected chi connectivity index (χ4v) is 3.98. The Kier molecular flexibility index (Phi) is 4.51. The number of nitrogens with two attached hydrogens (primary N) is 1. The Morgan fingerprint density at radius 2 is 2.12 bits per heavy atom. The summed E-state index contributed by atoms with van der Waals surface area (Å²) in [5, 5.41) is 9.24. The van der Waals surface area contributed by atoms with Gasteiger partial charge in [-0.1, -0.05) is 0 Å². The number of carbonyl (C=O) groups excluding carboxylic acids is 1. The maximum absolute atomic E-state index is 11.8. The summed E-state index contributed by atoms with van der Waals surface area (Å²) in [6.45, 7) is -0.0801. The number of sulfone groups is 1. The van der Waals surface area contributed by atoms with Crippen molar-refractivity contribution in [2.45, 2.75) is 25.4 Å². The van der Waals surface area contributed by atoms with Gasteiger partial charge in [-0.2, -0.15) is 0 Å². The molecule has 6 nitrogen and oxygen atoms in total. The van der Waals surface area contributed by atoms with Gasteiger partial charge in [-0.3, -0.25) is 4.79 Å². The second kappa shape index (κ2) is 5.32. The molecule has 3 N–H and O–H groups in total. The third kappa shape index (κ3) is 4.61. The molecule has 0 aromatic rings. The van der Waals surface area contributed by atoms with Gasteiger partial charge in [0.1, 0.15) is 0 Å². The number of aliphatic hydroxyl groups excluding tert-OH is 1. The molecule has 1 aliphatic carbocycles. The van der Waals surface area contributed by atoms with Gasteiger partial charge in [0, 0.05) is 6.54 Å². The van der Waals surface area contributed by atoms with Crippen molar-refractivity contribution in [3.8, 4) is 0 Å². The van der Waals surface area contributed by atoms with Crippen LogP contribution in [0.2, 0.25) is 0 Å². The van der Waals surface area contributed by atoms with Gasteiger partial charge >= 0.3 is 5.97 Å². The van der Waals surface area contributed by atoms with Crippen molar-refractivity contribution in [2.75, 3.05) is 25.2 Å². The smallest absolute Gasteiger partial charge is 0.306 e. The Balaban J connectivity index is 2.55. The third-order valence-corrected chi connectivity index (χ3v) is 4.89. The van der Waals surface area contributed by atoms with E-state index in [4.69, 9.17) is 5.73 Å². The van der Waals surface area contributed by atoms with Crippen LogP contribution in [-0.4, -0.2) is 50.8 Å². The standard InChI is InChI=1S/C10H19NO5S/c1-16-9(13)4-10(2-3-10)7-17(14,15)6-8(12)5-11/h8,12H,2-7,11H2,1H3. The zero-order valence-electron chi connectivity index (χ0n) is 9.89. The molecule has 0 heterocycles. The first-order valence-corrected chi connectivity index (χ1v) is 7.30. The number of carbonyl (C=O) groups is 1. The Labute approximate surface area is 101 Å². The van der Waals surface area contributed by atoms with Gasteiger partial charge < -0.3 is 15.6 Å². The Bertz CT molecular complexity index is 374. The summed E-state index contributed by atoms with van der Waals surface area (Å²) in [4.78, 5) is 11.1. The lowest BCUT2D eigenvalue weighted by Gasteiger charge is -2.15. The van der Waals surface area contributed by atoms with E-state index in [1.54, 1.807) is 0 Å². The monoisotopic (exact) mass is 265 g/mol. The van der Waals surface area contributed by atoms with Gasteiger partial charge in [-0.05, 0) is 18.3 Å². The molecule has 0 spiro atoms. The fraction of sp³-hybridized carbons (Fsp3) is 0.900. The molecular formula is C10H19NO5S. The number of hydrogen-bond donors (Lipinski definition) is 2. The topological polar surface area (TPSA) is 107 Å². The van der Waals surface area contributed by atoms with Crippen LogP contribution < -0.4 is 5.73 Å². The second-order valence-electron chi connectivity index (χ2n) is 4.70. The molecule has 1 fully saturated rings. The molecule has 1 saturated carbocycles. The molecule has 100 valence electrons. The predicted octanol–water partition coefficient (Wildman–Crippen LogP) is -0.936. The molecule has 1 rings (SSSR count). The van der Waals surface area contributed by atoms with Gasteiger partial charge in [-0.15, -0.1) is 0 Å². The molecule has 0 aromatic carbocycles. The molecule has 0 bridgehead atoms. The molecule has 0 saturated heterocycles. The van der Waals surface area contributed by atoms with Crippen molar-refractivity contribution >= 4 is 15.8 Å². The van der Waals surface area contributed by atoms with Gasteiger partial charge in [-0.25, -0.2) is 8.42 Å². The molecule has 0 radical (unpaired) electrons. The van der Waals surface area contributed by atoms with E-state index in [0.717, 1.165) is 0 Å². The Hall–Kier alpha value is -0.660. The van der Waals surface area contributed by atoms with Crippen LogP contribution in [0.25, 0.3) is 0 Å². The molecule has 17 heavy (non-hydrogen) atoms. The van der Waals surface area contributed by atoms with Crippen molar-refractivity contribution in [1.29, 1.82) is 0 Å². The number of aliphatic hydroxyl groups is 1. The molecule has 0 aliphatic heterocycles. The maximum Gasteiger partial charge on any atom is 0.306 e. The van der Waals surface area contributed by atoms with E-state index in [0.29, 0.717) is 12.8 Å². The summed E-state index contributed by atoms with van der Waals surface area (Å²) in [6.07, 6.45) is 0.510. The largest absolute Gasteiger partial charge is 0.469 e. The lowest BCUT2D eigenvalue weighted by atomic mass is 10.1. The van der Waals surface area contributed by atoms with Gasteiger partial charge in [0.25, 0.3) is 0 Å². The summed E-state index contributed by atoms with van der Waals surface area (Å²) < 4.78 is 28.1. The third-order valence-electron chi connectivity index (χ3n) is 2.95. The molecule has 7 heteroatoms. The van der Waals surface area contributed by atoms with Crippen LogP contribution >= 0.6 is 0 Å². The van der Waals surface area contributed by atoms with Crippen molar-refractivity contribution in [1.82, 2.24) is 0 Å². The number of ether oxygens (including phenoxy) is 1. The minimum Gasteiger partial charge on any atom is -0.469 e. The summed E-state index contributed by atoms with van der Waals surface area (Å²) in [7, 11) is -2.10. The maximum atomic E-state index is 11.8. The fourth-order valence-electron chi connectivity index (χ4n) is 1.81. The van der Waals surface area contributed by atoms with E-state index in [2.05, 4.69) is 4.74 Å². The van der Waals surface area contributed by atoms with Crippen LogP contribution in [0.15, 0.2) is 0 Å². The molecular weight excluding hydrogens is 246 g/mol. The van der Waals surface area contributed by atoms with Crippen LogP contribution in [-0.2, 0) is 19.4 Å². The molecule has 1 aliphatic rings. The van der Waals surface area contributed by atoms with E-state index >= 15 is 0 Å². The van der Waals surface area contributed by atoms with E-state index < -0.39 is 27.3 Å². The zero-order chi connectivity index (χ0) is 13.1. The predicted molar refractivity (Wildman–Crippen MR) is 62.0 cm³/mol. The van der Waals surface area contributed by atoms with Crippen LogP contribution in [0, 0.1) is 5.41 Å². The SMILES string of the molecule is COC(=O)CC1(CS(=O)(=O)CC(O)CN)CC1. The minimum atomic E-state index is -3.38. The highest BCUT2D eigenvalue weighted by Gasteiger charge is 2.48. The normalized spacial score (nSPS) is 19.7. The highest BCUT2D eigenvalue weighted by Crippen LogP contribution is 2.50. The first kappa shape index (κ1) is 14.4. The quantitative estimate of drug-likeness (QED) is 0.576. The Morgan fingerprint density at radius 1 is 1.53 bits per heavy atom. The summed E-state index contributed by atoms with van der Waals surface area (Å²) in [6, 6.07) is 0. The summed E-state index contributed by atoms with van der Waals surface area (Å²) >= 11 is 0. The van der Waals surface area contributed by atoms with Crippen molar-refractivity contribution in [2.24, 2.45) is 11.1 Å². The van der Waals surface area contributed by atoms with Gasteiger partial charge in [0.2, 0.25) is 0 Å². The lowest BCUT2D eigenvalue weighted by Crippen LogP contribution is -2.32. The van der Waals surface area contributed by atoms with Crippen LogP contribution in [0.1, 0.15) is 19.3 Å².